The Labute approximate surface area is 108 Å². The van der Waals surface area contributed by atoms with E-state index in [-0.39, 0.29) is 22.6 Å². The first-order valence-corrected chi connectivity index (χ1v) is 9.39. The summed E-state index contributed by atoms with van der Waals surface area (Å²) in [6.45, 7) is 5.75. The van der Waals surface area contributed by atoms with Gasteiger partial charge in [-0.1, -0.05) is 27.2 Å². The zero-order valence-electron chi connectivity index (χ0n) is 11.4. The van der Waals surface area contributed by atoms with Crippen molar-refractivity contribution in [3.8, 4) is 0 Å². The van der Waals surface area contributed by atoms with E-state index < -0.39 is 10.1 Å². The average Bonchev–Trinajstić information content (AvgIpc) is 2.13. The lowest BCUT2D eigenvalue weighted by atomic mass is 10.1. The van der Waals surface area contributed by atoms with Crippen LogP contribution in [0, 0.1) is 5.92 Å². The second kappa shape index (κ2) is 9.91. The summed E-state index contributed by atoms with van der Waals surface area (Å²) in [4.78, 5) is 11.0. The van der Waals surface area contributed by atoms with Crippen LogP contribution in [0.1, 0.15) is 33.6 Å². The van der Waals surface area contributed by atoms with Crippen LogP contribution in [0.5, 0.6) is 0 Å². The normalized spacial score (nSPS) is 11.3. The number of unbranched alkanes of at least 4 members (excludes halogenated alkanes) is 1. The third-order valence-corrected chi connectivity index (χ3v) is 3.47. The Kier molecular flexibility index (Phi) is 11.2. The Morgan fingerprint density at radius 1 is 1.29 bits per heavy atom. The first-order chi connectivity index (χ1) is 7.60. The summed E-state index contributed by atoms with van der Waals surface area (Å²) in [5.41, 5.74) is 0. The molecule has 0 aromatic rings. The second-order valence-corrected chi connectivity index (χ2v) is 8.15. The number of carbonyl (C=O) groups is 1. The molecule has 0 bridgehead atoms. The Bertz CT molecular complexity index is 295. The summed E-state index contributed by atoms with van der Waals surface area (Å²) in [5, 5.41) is 0. The molecule has 0 atom stereocenters. The van der Waals surface area contributed by atoms with Gasteiger partial charge in [0.15, 0.2) is 11.5 Å². The van der Waals surface area contributed by atoms with E-state index in [0.29, 0.717) is 12.2 Å². The molecule has 0 aliphatic heterocycles. The number of rotatable bonds is 6. The van der Waals surface area contributed by atoms with Gasteiger partial charge in [-0.25, -0.2) is 8.42 Å². The van der Waals surface area contributed by atoms with Crippen LogP contribution >= 0.6 is 0 Å². The van der Waals surface area contributed by atoms with E-state index in [1.807, 2.05) is 20.8 Å². The molecule has 0 aliphatic rings. The first-order valence-electron chi connectivity index (χ1n) is 5.60. The van der Waals surface area contributed by atoms with Crippen molar-refractivity contribution in [2.24, 2.45) is 5.92 Å². The maximum absolute atomic E-state index is 11.0. The molecule has 0 spiro atoms. The maximum Gasteiger partial charge on any atom is 0.184 e. The van der Waals surface area contributed by atoms with Gasteiger partial charge in [-0.05, 0) is 17.3 Å². The zero-order valence-corrected chi connectivity index (χ0v) is 13.0. The molecule has 6 heteroatoms. The standard InChI is InChI=1S/C7H15OS.C4H10O3S/c1-6(2)7(8)5-9(3)4;1-2-3-4-8(5,6)7/h6H,5H2,1-4H3;2-4H2,1H3,(H,5,6,7)/q+1;/p-1. The Morgan fingerprint density at radius 3 is 1.88 bits per heavy atom. The van der Waals surface area contributed by atoms with Crippen molar-refractivity contribution < 1.29 is 17.8 Å². The summed E-state index contributed by atoms with van der Waals surface area (Å²) in [7, 11) is -3.65. The predicted molar refractivity (Wildman–Crippen MR) is 73.4 cm³/mol. The molecule has 4 nitrogen and oxygen atoms in total. The summed E-state index contributed by atoms with van der Waals surface area (Å²) in [6, 6.07) is 0. The maximum atomic E-state index is 11.0. The highest BCUT2D eigenvalue weighted by Gasteiger charge is 2.14. The van der Waals surface area contributed by atoms with Crippen molar-refractivity contribution >= 4 is 26.8 Å². The van der Waals surface area contributed by atoms with Gasteiger partial charge in [-0.15, -0.1) is 0 Å². The van der Waals surface area contributed by atoms with Gasteiger partial charge in [-0.3, -0.25) is 4.79 Å². The third kappa shape index (κ3) is 18.5. The van der Waals surface area contributed by atoms with E-state index >= 15 is 0 Å². The number of hydrogen-bond donors (Lipinski definition) is 0. The molecule has 0 aromatic carbocycles. The molecule has 17 heavy (non-hydrogen) atoms. The van der Waals surface area contributed by atoms with Crippen molar-refractivity contribution in [3.63, 3.8) is 0 Å². The SMILES string of the molecule is CC(C)C(=O)C[S+](C)C.CCCCS(=O)(=O)[O-]. The van der Waals surface area contributed by atoms with Crippen LogP contribution < -0.4 is 0 Å². The molecule has 0 saturated heterocycles. The van der Waals surface area contributed by atoms with Gasteiger partial charge in [0.25, 0.3) is 0 Å². The van der Waals surface area contributed by atoms with Gasteiger partial charge in [-0.2, -0.15) is 0 Å². The number of carbonyl (C=O) groups excluding carboxylic acids is 1. The van der Waals surface area contributed by atoms with Gasteiger partial charge in [0.2, 0.25) is 0 Å². The minimum Gasteiger partial charge on any atom is -0.748 e. The largest absolute Gasteiger partial charge is 0.748 e. The fourth-order valence-corrected chi connectivity index (χ4v) is 2.32. The van der Waals surface area contributed by atoms with Crippen molar-refractivity contribution in [3.05, 3.63) is 0 Å². The van der Waals surface area contributed by atoms with Crippen molar-refractivity contribution in [2.45, 2.75) is 33.6 Å². The lowest BCUT2D eigenvalue weighted by Crippen LogP contribution is -2.18. The summed E-state index contributed by atoms with van der Waals surface area (Å²) in [6.07, 6.45) is 5.42. The minimum absolute atomic E-state index is 0.219. The minimum atomic E-state index is -3.94. The van der Waals surface area contributed by atoms with Crippen LogP contribution in [-0.2, 0) is 25.8 Å². The summed E-state index contributed by atoms with van der Waals surface area (Å²) >= 11 is 0. The molecule has 0 rings (SSSR count). The van der Waals surface area contributed by atoms with E-state index in [2.05, 4.69) is 12.5 Å². The van der Waals surface area contributed by atoms with Crippen LogP contribution in [-0.4, -0.2) is 42.8 Å². The summed E-state index contributed by atoms with van der Waals surface area (Å²) < 4.78 is 29.5. The van der Waals surface area contributed by atoms with Crippen molar-refractivity contribution in [1.29, 1.82) is 0 Å². The third-order valence-electron chi connectivity index (χ3n) is 1.82. The summed E-state index contributed by atoms with van der Waals surface area (Å²) in [5.74, 6) is 1.16. The highest BCUT2D eigenvalue weighted by Crippen LogP contribution is 1.96. The molecular formula is C11H24O4S2. The predicted octanol–water partition coefficient (Wildman–Crippen LogP) is 1.42. The van der Waals surface area contributed by atoms with Crippen LogP contribution in [0.25, 0.3) is 0 Å². The van der Waals surface area contributed by atoms with Crippen LogP contribution in [0.2, 0.25) is 0 Å². The van der Waals surface area contributed by atoms with E-state index in [9.17, 15) is 17.8 Å². The molecular weight excluding hydrogens is 260 g/mol. The second-order valence-electron chi connectivity index (χ2n) is 4.37. The molecule has 0 fully saturated rings. The van der Waals surface area contributed by atoms with Gasteiger partial charge >= 0.3 is 0 Å². The van der Waals surface area contributed by atoms with Gasteiger partial charge in [0, 0.05) is 11.7 Å². The van der Waals surface area contributed by atoms with Gasteiger partial charge < -0.3 is 4.55 Å². The highest BCUT2D eigenvalue weighted by atomic mass is 32.2. The Balaban J connectivity index is 0. The monoisotopic (exact) mass is 284 g/mol. The van der Waals surface area contributed by atoms with E-state index in [1.165, 1.54) is 0 Å². The van der Waals surface area contributed by atoms with Gasteiger partial charge in [0.1, 0.15) is 0 Å². The molecule has 104 valence electrons. The number of Topliss-reactive ketones (excluding diaryl/α,β-unsaturated/α-hetero) is 1. The average molecular weight is 284 g/mol. The van der Waals surface area contributed by atoms with Crippen molar-refractivity contribution in [2.75, 3.05) is 24.0 Å². The highest BCUT2D eigenvalue weighted by molar-refractivity contribution is 7.96. The van der Waals surface area contributed by atoms with Crippen LogP contribution in [0.15, 0.2) is 0 Å². The van der Waals surface area contributed by atoms with E-state index in [0.717, 1.165) is 12.2 Å². The molecule has 0 aliphatic carbocycles. The quantitative estimate of drug-likeness (QED) is 0.546. The van der Waals surface area contributed by atoms with E-state index in [4.69, 9.17) is 0 Å². The molecule has 0 saturated carbocycles. The molecule has 0 unspecified atom stereocenters. The molecule has 0 N–H and O–H groups in total. The Morgan fingerprint density at radius 2 is 1.76 bits per heavy atom. The number of hydrogen-bond acceptors (Lipinski definition) is 4. The number of ketones is 1. The fraction of sp³-hybridized carbons (Fsp3) is 0.909. The molecule has 0 heterocycles. The molecule has 0 aromatic heterocycles. The Hall–Kier alpha value is -0.0700. The topological polar surface area (TPSA) is 74.3 Å². The van der Waals surface area contributed by atoms with Crippen molar-refractivity contribution in [1.82, 2.24) is 0 Å². The van der Waals surface area contributed by atoms with Crippen LogP contribution in [0.4, 0.5) is 0 Å². The van der Waals surface area contributed by atoms with Crippen LogP contribution in [0.3, 0.4) is 0 Å². The lowest BCUT2D eigenvalue weighted by Gasteiger charge is -2.02. The first kappa shape index (κ1) is 19.3. The molecule has 0 radical (unpaired) electrons. The zero-order chi connectivity index (χ0) is 14.1. The lowest BCUT2D eigenvalue weighted by molar-refractivity contribution is -0.119. The molecule has 0 amide bonds. The smallest absolute Gasteiger partial charge is 0.184 e. The van der Waals surface area contributed by atoms with Gasteiger partial charge in [0.05, 0.1) is 22.6 Å². The van der Waals surface area contributed by atoms with E-state index in [1.54, 1.807) is 0 Å². The fourth-order valence-electron chi connectivity index (χ4n) is 0.772.